The maximum Gasteiger partial charge on any atom is 0.134 e. The maximum absolute atomic E-state index is 14.1. The van der Waals surface area contributed by atoms with Crippen molar-refractivity contribution in [1.29, 1.82) is 0 Å². The lowest BCUT2D eigenvalue weighted by Gasteiger charge is -2.25. The summed E-state index contributed by atoms with van der Waals surface area (Å²) in [5, 5.41) is -0.768. The molecule has 20 heavy (non-hydrogen) atoms. The van der Waals surface area contributed by atoms with Crippen LogP contribution in [0.2, 0.25) is 0 Å². The van der Waals surface area contributed by atoms with Gasteiger partial charge in [-0.3, -0.25) is 0 Å². The van der Waals surface area contributed by atoms with Gasteiger partial charge in [-0.1, -0.05) is 6.92 Å². The lowest BCUT2D eigenvalue weighted by molar-refractivity contribution is 0.0506. The molecule has 1 aliphatic heterocycles. The van der Waals surface area contributed by atoms with Gasteiger partial charge >= 0.3 is 0 Å². The van der Waals surface area contributed by atoms with E-state index in [4.69, 9.17) is 21.1 Å². The minimum Gasteiger partial charge on any atom is -0.497 e. The molecule has 0 N–H and O–H groups in total. The summed E-state index contributed by atoms with van der Waals surface area (Å²) >= 11 is 6.37. The van der Waals surface area contributed by atoms with Crippen LogP contribution in [-0.4, -0.2) is 19.3 Å². The van der Waals surface area contributed by atoms with Crippen LogP contribution >= 0.6 is 11.6 Å². The van der Waals surface area contributed by atoms with Gasteiger partial charge in [0.1, 0.15) is 17.4 Å². The highest BCUT2D eigenvalue weighted by molar-refractivity contribution is 6.21. The van der Waals surface area contributed by atoms with E-state index < -0.39 is 17.0 Å². The highest BCUT2D eigenvalue weighted by Crippen LogP contribution is 2.45. The molecule has 5 unspecified atom stereocenters. The third kappa shape index (κ3) is 2.63. The Morgan fingerprint density at radius 2 is 1.70 bits per heavy atom. The number of alkyl halides is 1. The van der Waals surface area contributed by atoms with Gasteiger partial charge in [-0.05, 0) is 19.8 Å². The highest BCUT2D eigenvalue weighted by atomic mass is 35.5. The van der Waals surface area contributed by atoms with Crippen LogP contribution in [0.5, 0.6) is 5.75 Å². The number of ether oxygens (including phenoxy) is 2. The summed E-state index contributed by atoms with van der Waals surface area (Å²) < 4.78 is 38.8. The van der Waals surface area contributed by atoms with Crippen molar-refractivity contribution in [1.82, 2.24) is 0 Å². The van der Waals surface area contributed by atoms with Crippen LogP contribution in [-0.2, 0) is 4.74 Å². The Bertz CT molecular complexity index is 472. The SMILES string of the molecule is COc1cc(F)c(C(Cl)C2C(C)OC(C)C2C)c(F)c1. The molecule has 0 spiro atoms. The molecular formula is C15H19ClF2O2. The van der Waals surface area contributed by atoms with Gasteiger partial charge in [0.05, 0.1) is 24.7 Å². The van der Waals surface area contributed by atoms with E-state index in [1.165, 1.54) is 7.11 Å². The van der Waals surface area contributed by atoms with Crippen LogP contribution in [0.3, 0.4) is 0 Å². The Morgan fingerprint density at radius 3 is 2.10 bits per heavy atom. The van der Waals surface area contributed by atoms with Crippen molar-refractivity contribution < 1.29 is 18.3 Å². The van der Waals surface area contributed by atoms with Crippen LogP contribution < -0.4 is 4.74 Å². The van der Waals surface area contributed by atoms with E-state index in [1.54, 1.807) is 0 Å². The summed E-state index contributed by atoms with van der Waals surface area (Å²) in [6.07, 6.45) is -0.107. The Hall–Kier alpha value is -0.870. The minimum atomic E-state index is -0.768. The molecule has 1 aromatic carbocycles. The van der Waals surface area contributed by atoms with Crippen molar-refractivity contribution in [3.05, 3.63) is 29.3 Å². The zero-order valence-corrected chi connectivity index (χ0v) is 12.7. The highest BCUT2D eigenvalue weighted by Gasteiger charge is 2.43. The molecule has 2 nitrogen and oxygen atoms in total. The van der Waals surface area contributed by atoms with Crippen molar-refractivity contribution in [3.8, 4) is 5.75 Å². The molecule has 112 valence electrons. The Balaban J connectivity index is 2.36. The zero-order valence-electron chi connectivity index (χ0n) is 12.0. The van der Waals surface area contributed by atoms with Gasteiger partial charge in [-0.15, -0.1) is 11.6 Å². The topological polar surface area (TPSA) is 18.5 Å². The summed E-state index contributed by atoms with van der Waals surface area (Å²) in [5.41, 5.74) is -0.103. The van der Waals surface area contributed by atoms with E-state index in [1.807, 2.05) is 20.8 Å². The number of hydrogen-bond acceptors (Lipinski definition) is 2. The third-order valence-electron chi connectivity index (χ3n) is 4.22. The molecule has 0 amide bonds. The first-order valence-corrected chi connectivity index (χ1v) is 7.13. The average molecular weight is 305 g/mol. The normalized spacial score (nSPS) is 31.4. The fourth-order valence-electron chi connectivity index (χ4n) is 2.93. The lowest BCUT2D eigenvalue weighted by Crippen LogP contribution is -2.23. The first-order valence-electron chi connectivity index (χ1n) is 6.69. The summed E-state index contributed by atoms with van der Waals surface area (Å²) in [7, 11) is 1.36. The van der Waals surface area contributed by atoms with Gasteiger partial charge in [0.25, 0.3) is 0 Å². The van der Waals surface area contributed by atoms with Crippen molar-refractivity contribution in [2.45, 2.75) is 38.4 Å². The van der Waals surface area contributed by atoms with Gasteiger partial charge in [-0.2, -0.15) is 0 Å². The first kappa shape index (κ1) is 15.5. The molecule has 1 aromatic rings. The molecule has 0 saturated carbocycles. The van der Waals surface area contributed by atoms with Gasteiger partial charge in [0, 0.05) is 23.6 Å². The van der Waals surface area contributed by atoms with E-state index in [2.05, 4.69) is 0 Å². The molecule has 5 atom stereocenters. The van der Waals surface area contributed by atoms with Gasteiger partial charge < -0.3 is 9.47 Å². The number of hydrogen-bond donors (Lipinski definition) is 0. The molecule has 0 aromatic heterocycles. The van der Waals surface area contributed by atoms with E-state index in [0.29, 0.717) is 0 Å². The van der Waals surface area contributed by atoms with Gasteiger partial charge in [0.15, 0.2) is 0 Å². The smallest absolute Gasteiger partial charge is 0.134 e. The summed E-state index contributed by atoms with van der Waals surface area (Å²) in [6, 6.07) is 2.31. The fourth-order valence-corrected chi connectivity index (χ4v) is 3.58. The summed E-state index contributed by atoms with van der Waals surface area (Å²) in [4.78, 5) is 0. The van der Waals surface area contributed by atoms with E-state index in [0.717, 1.165) is 12.1 Å². The Morgan fingerprint density at radius 1 is 1.15 bits per heavy atom. The Labute approximate surface area is 123 Å². The summed E-state index contributed by atoms with van der Waals surface area (Å²) in [5.74, 6) is -1.22. The van der Waals surface area contributed by atoms with Crippen molar-refractivity contribution >= 4 is 11.6 Å². The number of methoxy groups -OCH3 is 1. The molecule has 5 heteroatoms. The average Bonchev–Trinajstić information content (AvgIpc) is 2.62. The predicted molar refractivity (Wildman–Crippen MR) is 74.2 cm³/mol. The lowest BCUT2D eigenvalue weighted by atomic mass is 9.84. The molecular weight excluding hydrogens is 286 g/mol. The minimum absolute atomic E-state index is 0.0284. The molecule has 1 heterocycles. The van der Waals surface area contributed by atoms with Crippen LogP contribution in [0.1, 0.15) is 31.7 Å². The number of benzene rings is 1. The van der Waals surface area contributed by atoms with Gasteiger partial charge in [0.2, 0.25) is 0 Å². The van der Waals surface area contributed by atoms with Gasteiger partial charge in [-0.25, -0.2) is 8.78 Å². The standard InChI is InChI=1S/C15H19ClF2O2/c1-7-8(2)20-9(3)13(7)15(16)14-11(17)5-10(19-4)6-12(14)18/h5-9,13,15H,1-4H3. The number of halogens is 3. The second-order valence-electron chi connectivity index (χ2n) is 5.39. The first-order chi connectivity index (χ1) is 9.36. The van der Waals surface area contributed by atoms with Crippen LogP contribution in [0.15, 0.2) is 12.1 Å². The van der Waals surface area contributed by atoms with Crippen LogP contribution in [0.25, 0.3) is 0 Å². The molecule has 1 aliphatic rings. The molecule has 0 radical (unpaired) electrons. The molecule has 2 rings (SSSR count). The Kier molecular flexibility index (Phi) is 4.55. The maximum atomic E-state index is 14.1. The van der Waals surface area contributed by atoms with Crippen LogP contribution in [0, 0.1) is 23.5 Å². The molecule has 1 fully saturated rings. The predicted octanol–water partition coefficient (Wildman–Crippen LogP) is 4.31. The van der Waals surface area contributed by atoms with E-state index in [9.17, 15) is 8.78 Å². The van der Waals surface area contributed by atoms with Crippen molar-refractivity contribution in [2.24, 2.45) is 11.8 Å². The largest absolute Gasteiger partial charge is 0.497 e. The van der Waals surface area contributed by atoms with Crippen LogP contribution in [0.4, 0.5) is 8.78 Å². The van der Waals surface area contributed by atoms with Crippen molar-refractivity contribution in [3.63, 3.8) is 0 Å². The zero-order chi connectivity index (χ0) is 15.0. The van der Waals surface area contributed by atoms with Crippen molar-refractivity contribution in [2.75, 3.05) is 7.11 Å². The summed E-state index contributed by atoms with van der Waals surface area (Å²) in [6.45, 7) is 5.83. The molecule has 0 bridgehead atoms. The third-order valence-corrected chi connectivity index (χ3v) is 4.73. The monoisotopic (exact) mass is 304 g/mol. The molecule has 1 saturated heterocycles. The molecule has 0 aliphatic carbocycles. The quantitative estimate of drug-likeness (QED) is 0.775. The fraction of sp³-hybridized carbons (Fsp3) is 0.600. The second kappa shape index (κ2) is 5.86. The van der Waals surface area contributed by atoms with E-state index in [-0.39, 0.29) is 35.4 Å². The number of rotatable bonds is 3. The van der Waals surface area contributed by atoms with E-state index >= 15 is 0 Å². The second-order valence-corrected chi connectivity index (χ2v) is 5.86.